The Labute approximate surface area is 71.8 Å². The second-order valence-electron chi connectivity index (χ2n) is 1.62. The van der Waals surface area contributed by atoms with Gasteiger partial charge in [0.1, 0.15) is 0 Å². The van der Waals surface area contributed by atoms with Gasteiger partial charge in [-0.25, -0.2) is 4.79 Å². The van der Waals surface area contributed by atoms with Crippen molar-refractivity contribution in [3.8, 4) is 0 Å². The number of ether oxygens (including phenoxy) is 1. The lowest BCUT2D eigenvalue weighted by atomic mass is 10.6. The monoisotopic (exact) mass is 200 g/mol. The highest BCUT2D eigenvalue weighted by Gasteiger charge is 2.26. The number of halogens is 3. The molecule has 0 aliphatic rings. The first-order valence-electron chi connectivity index (χ1n) is 3.03. The summed E-state index contributed by atoms with van der Waals surface area (Å²) in [4.78, 5) is 10.4. The zero-order chi connectivity index (χ0) is 9.61. The number of esters is 1. The minimum Gasteiger partial charge on any atom is -0.463 e. The van der Waals surface area contributed by atoms with Crippen LogP contribution in [0.1, 0.15) is 6.92 Å². The molecule has 0 fully saturated rings. The molecule has 0 aromatic heterocycles. The average Bonchev–Trinajstić information content (AvgIpc) is 1.84. The van der Waals surface area contributed by atoms with E-state index in [0.717, 1.165) is 6.08 Å². The number of rotatable bonds is 3. The minimum atomic E-state index is -4.34. The summed E-state index contributed by atoms with van der Waals surface area (Å²) >= 11 is -0.394. The van der Waals surface area contributed by atoms with E-state index in [1.807, 2.05) is 0 Å². The smallest absolute Gasteiger partial charge is 0.445 e. The average molecular weight is 200 g/mol. The molecule has 0 saturated heterocycles. The van der Waals surface area contributed by atoms with E-state index in [4.69, 9.17) is 0 Å². The van der Waals surface area contributed by atoms with E-state index in [2.05, 4.69) is 4.74 Å². The van der Waals surface area contributed by atoms with Gasteiger partial charge in [0.05, 0.1) is 6.61 Å². The van der Waals surface area contributed by atoms with Gasteiger partial charge in [0.15, 0.2) is 0 Å². The van der Waals surface area contributed by atoms with Gasteiger partial charge >= 0.3 is 11.5 Å². The fraction of sp³-hybridized carbons (Fsp3) is 0.500. The highest BCUT2D eigenvalue weighted by atomic mass is 32.2. The maximum atomic E-state index is 11.5. The van der Waals surface area contributed by atoms with E-state index in [1.54, 1.807) is 6.92 Å². The van der Waals surface area contributed by atoms with Crippen molar-refractivity contribution in [2.75, 3.05) is 6.61 Å². The third-order valence-corrected chi connectivity index (χ3v) is 1.23. The summed E-state index contributed by atoms with van der Waals surface area (Å²) in [6.07, 6.45) is 0.738. The van der Waals surface area contributed by atoms with E-state index in [-0.39, 0.29) is 6.61 Å². The molecule has 0 aromatic rings. The highest BCUT2D eigenvalue weighted by molar-refractivity contribution is 8.02. The van der Waals surface area contributed by atoms with Crippen LogP contribution in [0.4, 0.5) is 13.2 Å². The van der Waals surface area contributed by atoms with Crippen LogP contribution in [-0.2, 0) is 9.53 Å². The molecule has 0 aromatic carbocycles. The van der Waals surface area contributed by atoms with E-state index < -0.39 is 23.2 Å². The Morgan fingerprint density at radius 2 is 2.17 bits per heavy atom. The number of carbonyl (C=O) groups excluding carboxylic acids is 1. The second kappa shape index (κ2) is 5.08. The summed E-state index contributed by atoms with van der Waals surface area (Å²) in [5.74, 6) is -0.769. The maximum absolute atomic E-state index is 11.5. The molecule has 0 saturated carbocycles. The van der Waals surface area contributed by atoms with Crippen LogP contribution in [0.2, 0.25) is 0 Å². The highest BCUT2D eigenvalue weighted by Crippen LogP contribution is 2.30. The summed E-state index contributed by atoms with van der Waals surface area (Å²) in [7, 11) is 0. The van der Waals surface area contributed by atoms with Crippen LogP contribution in [0.5, 0.6) is 0 Å². The zero-order valence-electron chi connectivity index (χ0n) is 6.22. The second-order valence-corrected chi connectivity index (χ2v) is 2.59. The molecule has 2 nitrogen and oxygen atoms in total. The zero-order valence-corrected chi connectivity index (χ0v) is 7.04. The number of hydrogen-bond donors (Lipinski definition) is 0. The molecule has 6 heteroatoms. The maximum Gasteiger partial charge on any atom is 0.445 e. The van der Waals surface area contributed by atoms with Crippen molar-refractivity contribution in [2.45, 2.75) is 12.4 Å². The van der Waals surface area contributed by atoms with Crippen molar-refractivity contribution in [1.29, 1.82) is 0 Å². The topological polar surface area (TPSA) is 26.3 Å². The standard InChI is InChI=1S/C6H7F3O2S/c1-2-11-5(10)3-4-12-6(7,8)9/h3-4H,2H2,1H3/b4-3-. The van der Waals surface area contributed by atoms with Crippen molar-refractivity contribution >= 4 is 17.7 Å². The van der Waals surface area contributed by atoms with Crippen LogP contribution in [0.15, 0.2) is 11.5 Å². The van der Waals surface area contributed by atoms with Crippen molar-refractivity contribution in [1.82, 2.24) is 0 Å². The molecular weight excluding hydrogens is 193 g/mol. The normalized spacial score (nSPS) is 12.0. The quantitative estimate of drug-likeness (QED) is 0.516. The molecule has 0 heterocycles. The van der Waals surface area contributed by atoms with Gasteiger partial charge in [-0.05, 0) is 24.1 Å². The summed E-state index contributed by atoms with van der Waals surface area (Å²) < 4.78 is 38.7. The molecule has 70 valence electrons. The molecule has 0 aliphatic carbocycles. The molecule has 0 rings (SSSR count). The largest absolute Gasteiger partial charge is 0.463 e. The van der Waals surface area contributed by atoms with Gasteiger partial charge < -0.3 is 4.74 Å². The van der Waals surface area contributed by atoms with Crippen LogP contribution >= 0.6 is 11.8 Å². The van der Waals surface area contributed by atoms with Gasteiger partial charge in [0.25, 0.3) is 0 Å². The van der Waals surface area contributed by atoms with Crippen LogP contribution in [0.3, 0.4) is 0 Å². The van der Waals surface area contributed by atoms with Crippen molar-refractivity contribution < 1.29 is 22.7 Å². The number of alkyl halides is 3. The molecule has 0 atom stereocenters. The predicted molar refractivity (Wildman–Crippen MR) is 39.4 cm³/mol. The molecule has 0 spiro atoms. The molecular formula is C6H7F3O2S. The van der Waals surface area contributed by atoms with E-state index in [0.29, 0.717) is 5.41 Å². The number of thioether (sulfide) groups is 1. The number of carbonyl (C=O) groups is 1. The van der Waals surface area contributed by atoms with E-state index in [1.165, 1.54) is 0 Å². The van der Waals surface area contributed by atoms with Crippen molar-refractivity contribution in [2.24, 2.45) is 0 Å². The lowest BCUT2D eigenvalue weighted by molar-refractivity contribution is -0.137. The first kappa shape index (κ1) is 11.4. The SMILES string of the molecule is CCOC(=O)/C=C\SC(F)(F)F. The molecule has 12 heavy (non-hydrogen) atoms. The van der Waals surface area contributed by atoms with Crippen LogP contribution < -0.4 is 0 Å². The first-order valence-corrected chi connectivity index (χ1v) is 3.91. The van der Waals surface area contributed by atoms with Gasteiger partial charge in [-0.15, -0.1) is 0 Å². The van der Waals surface area contributed by atoms with Crippen molar-refractivity contribution in [3.05, 3.63) is 11.5 Å². The van der Waals surface area contributed by atoms with Crippen LogP contribution in [0, 0.1) is 0 Å². The molecule has 0 bridgehead atoms. The summed E-state index contributed by atoms with van der Waals surface area (Å²) in [5.41, 5.74) is -4.34. The van der Waals surface area contributed by atoms with Gasteiger partial charge in [0.2, 0.25) is 0 Å². The predicted octanol–water partition coefficient (Wildman–Crippen LogP) is 2.32. The lowest BCUT2D eigenvalue weighted by Crippen LogP contribution is -2.00. The van der Waals surface area contributed by atoms with E-state index >= 15 is 0 Å². The Kier molecular flexibility index (Phi) is 4.80. The fourth-order valence-corrected chi connectivity index (χ4v) is 0.691. The molecule has 0 amide bonds. The molecule has 0 N–H and O–H groups in total. The molecule has 0 radical (unpaired) electrons. The van der Waals surface area contributed by atoms with Crippen molar-refractivity contribution in [3.63, 3.8) is 0 Å². The molecule has 0 unspecified atom stereocenters. The van der Waals surface area contributed by atoms with Gasteiger partial charge in [-0.3, -0.25) is 0 Å². The third-order valence-electron chi connectivity index (χ3n) is 0.692. The Morgan fingerprint density at radius 3 is 2.58 bits per heavy atom. The van der Waals surface area contributed by atoms with Gasteiger partial charge in [-0.1, -0.05) is 0 Å². The Bertz CT molecular complexity index is 176. The van der Waals surface area contributed by atoms with Gasteiger partial charge in [0, 0.05) is 6.08 Å². The first-order chi connectivity index (χ1) is 5.45. The summed E-state index contributed by atoms with van der Waals surface area (Å²) in [6, 6.07) is 0. The Morgan fingerprint density at radius 1 is 1.58 bits per heavy atom. The summed E-state index contributed by atoms with van der Waals surface area (Å²) in [5, 5.41) is 0.651. The van der Waals surface area contributed by atoms with Crippen LogP contribution in [-0.4, -0.2) is 18.1 Å². The third kappa shape index (κ3) is 7.46. The lowest BCUT2D eigenvalue weighted by Gasteiger charge is -1.99. The number of hydrogen-bond acceptors (Lipinski definition) is 3. The van der Waals surface area contributed by atoms with E-state index in [9.17, 15) is 18.0 Å². The molecule has 0 aliphatic heterocycles. The Balaban J connectivity index is 3.69. The van der Waals surface area contributed by atoms with Gasteiger partial charge in [-0.2, -0.15) is 13.2 Å². The minimum absolute atomic E-state index is 0.153. The fourth-order valence-electron chi connectivity index (χ4n) is 0.357. The Hall–Kier alpha value is -0.650. The van der Waals surface area contributed by atoms with Crippen LogP contribution in [0.25, 0.3) is 0 Å². The summed E-state index contributed by atoms with van der Waals surface area (Å²) in [6.45, 7) is 1.72.